The predicted molar refractivity (Wildman–Crippen MR) is 65.7 cm³/mol. The number of carbonyl (C=O) groups is 2. The molecule has 0 aliphatic rings. The fourth-order valence-corrected chi connectivity index (χ4v) is 1.75. The minimum Gasteiger partial charge on any atom is -0.481 e. The van der Waals surface area contributed by atoms with Crippen molar-refractivity contribution in [3.05, 3.63) is 0 Å². The molecule has 0 saturated carbocycles. The van der Waals surface area contributed by atoms with Crippen molar-refractivity contribution in [2.24, 2.45) is 0 Å². The van der Waals surface area contributed by atoms with E-state index in [2.05, 4.69) is 15.4 Å². The van der Waals surface area contributed by atoms with E-state index in [1.165, 1.54) is 7.05 Å². The molecule has 0 heterocycles. The minimum absolute atomic E-state index is 0.0574. The number of sulfonamides is 1. The average Bonchev–Trinajstić information content (AvgIpc) is 2.14. The third kappa shape index (κ3) is 7.85. The monoisotopic (exact) mass is 281 g/mol. The van der Waals surface area contributed by atoms with Crippen molar-refractivity contribution < 1.29 is 23.1 Å². The maximum Gasteiger partial charge on any atom is 0.315 e. The third-order valence-electron chi connectivity index (χ3n) is 2.01. The molecular formula is C9H19N3O5S. The summed E-state index contributed by atoms with van der Waals surface area (Å²) in [6.07, 6.45) is -0.227. The van der Waals surface area contributed by atoms with Crippen molar-refractivity contribution in [1.29, 1.82) is 0 Å². The Morgan fingerprint density at radius 2 is 1.83 bits per heavy atom. The van der Waals surface area contributed by atoms with Gasteiger partial charge >= 0.3 is 12.0 Å². The van der Waals surface area contributed by atoms with Gasteiger partial charge in [-0.1, -0.05) is 0 Å². The standard InChI is InChI=1S/C9H19N3O5S/c1-9(2,6-7(13)14)12-8(15)11-4-5-18(16,17)10-3/h10H,4-6H2,1-3H3,(H,13,14)(H2,11,12,15). The van der Waals surface area contributed by atoms with Crippen LogP contribution < -0.4 is 15.4 Å². The van der Waals surface area contributed by atoms with Gasteiger partial charge in [0.25, 0.3) is 0 Å². The van der Waals surface area contributed by atoms with Crippen LogP contribution in [-0.4, -0.2) is 50.4 Å². The van der Waals surface area contributed by atoms with Gasteiger partial charge in [0.05, 0.1) is 12.2 Å². The van der Waals surface area contributed by atoms with Crippen molar-refractivity contribution >= 4 is 22.0 Å². The molecule has 106 valence electrons. The first-order valence-electron chi connectivity index (χ1n) is 5.27. The van der Waals surface area contributed by atoms with Gasteiger partial charge in [-0.3, -0.25) is 4.79 Å². The molecule has 0 aromatic rings. The summed E-state index contributed by atoms with van der Waals surface area (Å²) < 4.78 is 24.2. The molecule has 0 fully saturated rings. The summed E-state index contributed by atoms with van der Waals surface area (Å²) in [7, 11) is -2.08. The molecule has 8 nitrogen and oxygen atoms in total. The molecule has 0 spiro atoms. The van der Waals surface area contributed by atoms with Gasteiger partial charge < -0.3 is 15.7 Å². The lowest BCUT2D eigenvalue weighted by Crippen LogP contribution is -2.50. The van der Waals surface area contributed by atoms with E-state index in [4.69, 9.17) is 5.11 Å². The lowest BCUT2D eigenvalue weighted by Gasteiger charge is -2.24. The highest BCUT2D eigenvalue weighted by atomic mass is 32.2. The van der Waals surface area contributed by atoms with E-state index in [9.17, 15) is 18.0 Å². The number of aliphatic carboxylic acids is 1. The zero-order valence-corrected chi connectivity index (χ0v) is 11.4. The first-order chi connectivity index (χ1) is 8.08. The lowest BCUT2D eigenvalue weighted by molar-refractivity contribution is -0.138. The van der Waals surface area contributed by atoms with Crippen molar-refractivity contribution in [2.75, 3.05) is 19.3 Å². The van der Waals surface area contributed by atoms with E-state index in [-0.39, 0.29) is 18.7 Å². The normalized spacial score (nSPS) is 11.9. The Labute approximate surface area is 106 Å². The second kappa shape index (κ2) is 6.55. The van der Waals surface area contributed by atoms with Gasteiger partial charge in [0.1, 0.15) is 0 Å². The van der Waals surface area contributed by atoms with Gasteiger partial charge in [-0.05, 0) is 20.9 Å². The summed E-state index contributed by atoms with van der Waals surface area (Å²) in [6.45, 7) is 3.06. The van der Waals surface area contributed by atoms with Crippen molar-refractivity contribution in [1.82, 2.24) is 15.4 Å². The molecule has 0 rings (SSSR count). The maximum atomic E-state index is 11.4. The Bertz CT molecular complexity index is 404. The van der Waals surface area contributed by atoms with Crippen LogP contribution in [0.4, 0.5) is 4.79 Å². The Morgan fingerprint density at radius 1 is 1.28 bits per heavy atom. The molecule has 0 aliphatic carbocycles. The molecular weight excluding hydrogens is 262 g/mol. The van der Waals surface area contributed by atoms with E-state index >= 15 is 0 Å². The van der Waals surface area contributed by atoms with Gasteiger partial charge in [0.15, 0.2) is 0 Å². The first kappa shape index (κ1) is 16.6. The van der Waals surface area contributed by atoms with Crippen LogP contribution in [0.15, 0.2) is 0 Å². The van der Waals surface area contributed by atoms with Gasteiger partial charge in [0, 0.05) is 12.1 Å². The molecule has 0 unspecified atom stereocenters. The summed E-state index contributed by atoms with van der Waals surface area (Å²) in [4.78, 5) is 21.9. The summed E-state index contributed by atoms with van der Waals surface area (Å²) in [5, 5.41) is 13.4. The van der Waals surface area contributed by atoms with Crippen molar-refractivity contribution in [2.45, 2.75) is 25.8 Å². The molecule has 0 atom stereocenters. The van der Waals surface area contributed by atoms with Crippen LogP contribution in [0.3, 0.4) is 0 Å². The quantitative estimate of drug-likeness (QED) is 0.481. The Hall–Kier alpha value is -1.35. The summed E-state index contributed by atoms with van der Waals surface area (Å²) in [5.74, 6) is -1.27. The zero-order chi connectivity index (χ0) is 14.4. The van der Waals surface area contributed by atoms with Crippen molar-refractivity contribution in [3.63, 3.8) is 0 Å². The number of urea groups is 1. The second-order valence-electron chi connectivity index (χ2n) is 4.36. The molecule has 0 bridgehead atoms. The summed E-state index contributed by atoms with van der Waals surface area (Å²) in [5.41, 5.74) is -0.905. The largest absolute Gasteiger partial charge is 0.481 e. The molecule has 0 aromatic heterocycles. The molecule has 9 heteroatoms. The Morgan fingerprint density at radius 3 is 2.28 bits per heavy atom. The summed E-state index contributed by atoms with van der Waals surface area (Å²) in [6, 6.07) is -0.604. The maximum absolute atomic E-state index is 11.4. The predicted octanol–water partition coefficient (Wildman–Crippen LogP) is -0.912. The SMILES string of the molecule is CNS(=O)(=O)CCNC(=O)NC(C)(C)CC(=O)O. The van der Waals surface area contributed by atoms with Gasteiger partial charge in [-0.15, -0.1) is 0 Å². The second-order valence-corrected chi connectivity index (χ2v) is 6.40. The lowest BCUT2D eigenvalue weighted by atomic mass is 10.0. The highest BCUT2D eigenvalue weighted by Gasteiger charge is 2.23. The van der Waals surface area contributed by atoms with Gasteiger partial charge in [-0.2, -0.15) is 0 Å². The van der Waals surface area contributed by atoms with Gasteiger partial charge in [-0.25, -0.2) is 17.9 Å². The van der Waals surface area contributed by atoms with Crippen molar-refractivity contribution in [3.8, 4) is 0 Å². The van der Waals surface area contributed by atoms with E-state index in [0.717, 1.165) is 0 Å². The number of amides is 2. The van der Waals surface area contributed by atoms with Crippen LogP contribution in [0.5, 0.6) is 0 Å². The Balaban J connectivity index is 4.09. The summed E-state index contributed by atoms with van der Waals surface area (Å²) >= 11 is 0. The number of nitrogens with one attached hydrogen (secondary N) is 3. The van der Waals surface area contributed by atoms with Crippen LogP contribution in [0, 0.1) is 0 Å². The molecule has 0 aromatic carbocycles. The fraction of sp³-hybridized carbons (Fsp3) is 0.778. The number of hydrogen-bond donors (Lipinski definition) is 4. The molecule has 0 saturated heterocycles. The fourth-order valence-electron chi connectivity index (χ4n) is 1.17. The van der Waals surface area contributed by atoms with E-state index in [0.29, 0.717) is 0 Å². The number of rotatable bonds is 7. The van der Waals surface area contributed by atoms with E-state index in [1.54, 1.807) is 13.8 Å². The molecule has 18 heavy (non-hydrogen) atoms. The third-order valence-corrected chi connectivity index (χ3v) is 3.38. The topological polar surface area (TPSA) is 125 Å². The van der Waals surface area contributed by atoms with Crippen LogP contribution in [0.2, 0.25) is 0 Å². The van der Waals surface area contributed by atoms with Crippen LogP contribution in [0.1, 0.15) is 20.3 Å². The van der Waals surface area contributed by atoms with Crippen LogP contribution >= 0.6 is 0 Å². The first-order valence-corrected chi connectivity index (χ1v) is 6.92. The van der Waals surface area contributed by atoms with Crippen LogP contribution in [0.25, 0.3) is 0 Å². The number of carbonyl (C=O) groups excluding carboxylic acids is 1. The molecule has 4 N–H and O–H groups in total. The molecule has 2 amide bonds. The highest BCUT2D eigenvalue weighted by Crippen LogP contribution is 2.07. The number of hydrogen-bond acceptors (Lipinski definition) is 4. The van der Waals surface area contributed by atoms with E-state index < -0.39 is 27.6 Å². The average molecular weight is 281 g/mol. The molecule has 0 radical (unpaired) electrons. The van der Waals surface area contributed by atoms with Gasteiger partial charge in [0.2, 0.25) is 10.0 Å². The minimum atomic E-state index is -3.36. The number of carboxylic acids is 1. The smallest absolute Gasteiger partial charge is 0.315 e. The highest BCUT2D eigenvalue weighted by molar-refractivity contribution is 7.89. The van der Waals surface area contributed by atoms with Crippen LogP contribution in [-0.2, 0) is 14.8 Å². The number of carboxylic acid groups (broad SMARTS) is 1. The molecule has 0 aliphatic heterocycles. The van der Waals surface area contributed by atoms with E-state index in [1.807, 2.05) is 0 Å². The Kier molecular flexibility index (Phi) is 6.06. The zero-order valence-electron chi connectivity index (χ0n) is 10.6.